The summed E-state index contributed by atoms with van der Waals surface area (Å²) in [5.74, 6) is 0. The first kappa shape index (κ1) is 8.52. The fourth-order valence-electron chi connectivity index (χ4n) is 1.70. The Morgan fingerprint density at radius 2 is 2.00 bits per heavy atom. The van der Waals surface area contributed by atoms with Crippen molar-refractivity contribution in [3.63, 3.8) is 0 Å². The lowest BCUT2D eigenvalue weighted by Crippen LogP contribution is -1.76. The van der Waals surface area contributed by atoms with Crippen molar-refractivity contribution in [3.8, 4) is 0 Å². The molecule has 0 bridgehead atoms. The summed E-state index contributed by atoms with van der Waals surface area (Å²) in [4.78, 5) is 1.37. The smallest absolute Gasteiger partial charge is 0.0351 e. The molecule has 0 saturated heterocycles. The zero-order valence-electron chi connectivity index (χ0n) is 7.92. The SMILES string of the molecule is C=C(C)c1c(C)sc2ccccc12. The largest absolute Gasteiger partial charge is 0.140 e. The molecule has 0 atom stereocenters. The van der Waals surface area contributed by atoms with Gasteiger partial charge in [0.25, 0.3) is 0 Å². The minimum absolute atomic E-state index is 1.16. The zero-order chi connectivity index (χ0) is 9.42. The normalized spacial score (nSPS) is 10.6. The maximum Gasteiger partial charge on any atom is 0.0351 e. The summed E-state index contributed by atoms with van der Waals surface area (Å²) in [7, 11) is 0. The van der Waals surface area contributed by atoms with E-state index in [1.165, 1.54) is 20.5 Å². The molecule has 0 aliphatic rings. The Bertz CT molecular complexity index is 463. The molecule has 13 heavy (non-hydrogen) atoms. The van der Waals surface area contributed by atoms with Crippen LogP contribution in [0.15, 0.2) is 30.8 Å². The molecule has 1 aromatic carbocycles. The van der Waals surface area contributed by atoms with E-state index in [9.17, 15) is 0 Å². The summed E-state index contributed by atoms with van der Waals surface area (Å²) in [6.45, 7) is 8.25. The minimum atomic E-state index is 1.16. The molecule has 1 aromatic heterocycles. The van der Waals surface area contributed by atoms with Gasteiger partial charge in [-0.05, 0) is 31.1 Å². The summed E-state index contributed by atoms with van der Waals surface area (Å²) in [6, 6.07) is 8.50. The van der Waals surface area contributed by atoms with E-state index < -0.39 is 0 Å². The van der Waals surface area contributed by atoms with Crippen LogP contribution in [0.25, 0.3) is 15.7 Å². The molecule has 0 N–H and O–H groups in total. The van der Waals surface area contributed by atoms with E-state index in [4.69, 9.17) is 0 Å². The van der Waals surface area contributed by atoms with E-state index in [1.54, 1.807) is 0 Å². The molecule has 2 aromatic rings. The Kier molecular flexibility index (Phi) is 1.97. The van der Waals surface area contributed by atoms with Gasteiger partial charge in [-0.15, -0.1) is 11.3 Å². The van der Waals surface area contributed by atoms with Crippen LogP contribution in [0.1, 0.15) is 17.4 Å². The van der Waals surface area contributed by atoms with Gasteiger partial charge in [-0.3, -0.25) is 0 Å². The van der Waals surface area contributed by atoms with E-state index in [0.717, 1.165) is 5.57 Å². The third kappa shape index (κ3) is 1.29. The number of aryl methyl sites for hydroxylation is 1. The predicted molar refractivity (Wildman–Crippen MR) is 61.3 cm³/mol. The number of benzene rings is 1. The van der Waals surface area contributed by atoms with Crippen molar-refractivity contribution < 1.29 is 0 Å². The number of rotatable bonds is 1. The summed E-state index contributed by atoms with van der Waals surface area (Å²) in [6.07, 6.45) is 0. The summed E-state index contributed by atoms with van der Waals surface area (Å²) in [5.41, 5.74) is 2.50. The van der Waals surface area contributed by atoms with Crippen LogP contribution < -0.4 is 0 Å². The monoisotopic (exact) mass is 188 g/mol. The molecule has 2 rings (SSSR count). The van der Waals surface area contributed by atoms with Crippen LogP contribution in [0.4, 0.5) is 0 Å². The Morgan fingerprint density at radius 1 is 1.31 bits per heavy atom. The van der Waals surface area contributed by atoms with Crippen LogP contribution in [0.2, 0.25) is 0 Å². The second-order valence-corrected chi connectivity index (χ2v) is 4.57. The number of hydrogen-bond acceptors (Lipinski definition) is 1. The summed E-state index contributed by atoms with van der Waals surface area (Å²) in [5, 5.41) is 1.34. The molecule has 0 fully saturated rings. The van der Waals surface area contributed by atoms with Crippen molar-refractivity contribution >= 4 is 27.0 Å². The quantitative estimate of drug-likeness (QED) is 0.628. The highest BCUT2D eigenvalue weighted by Crippen LogP contribution is 2.34. The number of fused-ring (bicyclic) bond motifs is 1. The van der Waals surface area contributed by atoms with Gasteiger partial charge in [0, 0.05) is 15.0 Å². The predicted octanol–water partition coefficient (Wildman–Crippen LogP) is 4.24. The molecular formula is C12H12S. The van der Waals surface area contributed by atoms with Gasteiger partial charge in [-0.2, -0.15) is 0 Å². The molecule has 1 heterocycles. The van der Waals surface area contributed by atoms with Gasteiger partial charge in [0.05, 0.1) is 0 Å². The number of allylic oxidation sites excluding steroid dienone is 1. The number of thiophene rings is 1. The van der Waals surface area contributed by atoms with Crippen molar-refractivity contribution in [2.24, 2.45) is 0 Å². The lowest BCUT2D eigenvalue weighted by molar-refractivity contribution is 1.56. The molecule has 0 radical (unpaired) electrons. The van der Waals surface area contributed by atoms with E-state index in [-0.39, 0.29) is 0 Å². The van der Waals surface area contributed by atoms with Gasteiger partial charge in [0.2, 0.25) is 0 Å². The van der Waals surface area contributed by atoms with Crippen LogP contribution in [0.3, 0.4) is 0 Å². The average molecular weight is 188 g/mol. The molecule has 0 nitrogen and oxygen atoms in total. The summed E-state index contributed by atoms with van der Waals surface area (Å²) >= 11 is 1.85. The van der Waals surface area contributed by atoms with Crippen molar-refractivity contribution in [1.82, 2.24) is 0 Å². The topological polar surface area (TPSA) is 0 Å². The Labute approximate surface area is 82.5 Å². The lowest BCUT2D eigenvalue weighted by atomic mass is 10.1. The van der Waals surface area contributed by atoms with Crippen molar-refractivity contribution in [3.05, 3.63) is 41.3 Å². The van der Waals surface area contributed by atoms with Crippen LogP contribution >= 0.6 is 11.3 Å². The maximum atomic E-state index is 4.02. The minimum Gasteiger partial charge on any atom is -0.140 e. The standard InChI is InChI=1S/C12H12S/c1-8(2)12-9(3)13-11-7-5-4-6-10(11)12/h4-7H,1H2,2-3H3. The van der Waals surface area contributed by atoms with Crippen molar-refractivity contribution in [2.75, 3.05) is 0 Å². The number of hydrogen-bond donors (Lipinski definition) is 0. The Balaban J connectivity index is 2.86. The van der Waals surface area contributed by atoms with Gasteiger partial charge in [0.1, 0.15) is 0 Å². The molecule has 1 heteroatoms. The molecule has 0 spiro atoms. The average Bonchev–Trinajstić information content (AvgIpc) is 2.39. The molecule has 0 amide bonds. The Hall–Kier alpha value is -1.08. The third-order valence-electron chi connectivity index (χ3n) is 2.20. The molecule has 66 valence electrons. The van der Waals surface area contributed by atoms with E-state index in [2.05, 4.69) is 44.7 Å². The first-order valence-corrected chi connectivity index (χ1v) is 5.16. The highest BCUT2D eigenvalue weighted by Gasteiger charge is 2.07. The first-order chi connectivity index (χ1) is 6.20. The first-order valence-electron chi connectivity index (χ1n) is 4.34. The molecule has 0 aliphatic heterocycles. The third-order valence-corrected chi connectivity index (χ3v) is 3.28. The second-order valence-electron chi connectivity index (χ2n) is 3.31. The highest BCUT2D eigenvalue weighted by molar-refractivity contribution is 7.19. The van der Waals surface area contributed by atoms with Crippen molar-refractivity contribution in [1.29, 1.82) is 0 Å². The van der Waals surface area contributed by atoms with Gasteiger partial charge in [-0.25, -0.2) is 0 Å². The van der Waals surface area contributed by atoms with Crippen LogP contribution in [-0.4, -0.2) is 0 Å². The molecular weight excluding hydrogens is 176 g/mol. The lowest BCUT2D eigenvalue weighted by Gasteiger charge is -1.98. The summed E-state index contributed by atoms with van der Waals surface area (Å²) < 4.78 is 1.36. The van der Waals surface area contributed by atoms with E-state index >= 15 is 0 Å². The van der Waals surface area contributed by atoms with E-state index in [1.807, 2.05) is 11.3 Å². The van der Waals surface area contributed by atoms with Crippen LogP contribution in [0, 0.1) is 6.92 Å². The fraction of sp³-hybridized carbons (Fsp3) is 0.167. The fourth-order valence-corrected chi connectivity index (χ4v) is 2.84. The van der Waals surface area contributed by atoms with Crippen LogP contribution in [-0.2, 0) is 0 Å². The van der Waals surface area contributed by atoms with Gasteiger partial charge >= 0.3 is 0 Å². The zero-order valence-corrected chi connectivity index (χ0v) is 8.74. The van der Waals surface area contributed by atoms with Crippen LogP contribution in [0.5, 0.6) is 0 Å². The molecule has 0 saturated carbocycles. The second kappa shape index (κ2) is 3.00. The van der Waals surface area contributed by atoms with E-state index in [0.29, 0.717) is 0 Å². The van der Waals surface area contributed by atoms with Gasteiger partial charge in [-0.1, -0.05) is 24.8 Å². The molecule has 0 aliphatic carbocycles. The molecule has 0 unspecified atom stereocenters. The highest BCUT2D eigenvalue weighted by atomic mass is 32.1. The van der Waals surface area contributed by atoms with Gasteiger partial charge in [0.15, 0.2) is 0 Å². The Morgan fingerprint density at radius 3 is 2.69 bits per heavy atom. The van der Waals surface area contributed by atoms with Gasteiger partial charge < -0.3 is 0 Å². The maximum absolute atomic E-state index is 4.02. The van der Waals surface area contributed by atoms with Crippen molar-refractivity contribution in [2.45, 2.75) is 13.8 Å².